The van der Waals surface area contributed by atoms with E-state index in [9.17, 15) is 5.11 Å². The van der Waals surface area contributed by atoms with Crippen LogP contribution in [0.15, 0.2) is 53.1 Å². The quantitative estimate of drug-likeness (QED) is 0.789. The van der Waals surface area contributed by atoms with Crippen molar-refractivity contribution in [1.29, 1.82) is 0 Å². The summed E-state index contributed by atoms with van der Waals surface area (Å²) < 4.78 is 5.26. The van der Waals surface area contributed by atoms with E-state index in [1.165, 1.54) is 5.56 Å². The van der Waals surface area contributed by atoms with Gasteiger partial charge in [-0.3, -0.25) is 0 Å². The van der Waals surface area contributed by atoms with Crippen molar-refractivity contribution < 1.29 is 9.63 Å². The maximum absolute atomic E-state index is 9.46. The first-order chi connectivity index (χ1) is 9.70. The predicted octanol–water partition coefficient (Wildman–Crippen LogP) is 3.34. The molecule has 0 amide bonds. The van der Waals surface area contributed by atoms with E-state index in [4.69, 9.17) is 4.52 Å². The number of rotatable bonds is 3. The van der Waals surface area contributed by atoms with Gasteiger partial charge in [0.1, 0.15) is 5.75 Å². The third-order valence-corrected chi connectivity index (χ3v) is 3.01. The lowest BCUT2D eigenvalue weighted by molar-refractivity contribution is 0.385. The van der Waals surface area contributed by atoms with Gasteiger partial charge >= 0.3 is 0 Å². The molecule has 3 aromatic rings. The van der Waals surface area contributed by atoms with Crippen LogP contribution in [0.1, 0.15) is 17.0 Å². The summed E-state index contributed by atoms with van der Waals surface area (Å²) in [5.74, 6) is 1.24. The van der Waals surface area contributed by atoms with Gasteiger partial charge in [0.05, 0.1) is 6.42 Å². The van der Waals surface area contributed by atoms with Crippen LogP contribution < -0.4 is 0 Å². The minimum atomic E-state index is 0.188. The van der Waals surface area contributed by atoms with Crippen molar-refractivity contribution >= 4 is 0 Å². The zero-order valence-electron chi connectivity index (χ0n) is 11.1. The molecule has 2 aromatic carbocycles. The summed E-state index contributed by atoms with van der Waals surface area (Å²) >= 11 is 0. The Balaban J connectivity index is 1.84. The van der Waals surface area contributed by atoms with Gasteiger partial charge in [0.25, 0.3) is 0 Å². The standard InChI is InChI=1S/C16H14N2O2/c1-11-4-2-5-12(8-11)9-15-17-16(18-20-15)13-6-3-7-14(19)10-13/h2-8,10,19H,9H2,1H3. The lowest BCUT2D eigenvalue weighted by Crippen LogP contribution is -1.89. The second kappa shape index (κ2) is 5.17. The molecule has 20 heavy (non-hydrogen) atoms. The van der Waals surface area contributed by atoms with Gasteiger partial charge in [-0.2, -0.15) is 4.98 Å². The number of hydrogen-bond donors (Lipinski definition) is 1. The third kappa shape index (κ3) is 2.69. The second-order valence-electron chi connectivity index (χ2n) is 4.73. The molecule has 4 nitrogen and oxygen atoms in total. The van der Waals surface area contributed by atoms with Crippen LogP contribution in [0.2, 0.25) is 0 Å². The van der Waals surface area contributed by atoms with Crippen LogP contribution in [0.5, 0.6) is 5.75 Å². The largest absolute Gasteiger partial charge is 0.508 e. The molecule has 0 atom stereocenters. The van der Waals surface area contributed by atoms with Crippen molar-refractivity contribution in [2.75, 3.05) is 0 Å². The highest BCUT2D eigenvalue weighted by Crippen LogP contribution is 2.21. The lowest BCUT2D eigenvalue weighted by Gasteiger charge is -1.98. The summed E-state index contributed by atoms with van der Waals surface area (Å²) in [6.07, 6.45) is 0.605. The van der Waals surface area contributed by atoms with Crippen LogP contribution in [-0.2, 0) is 6.42 Å². The summed E-state index contributed by atoms with van der Waals surface area (Å²) in [6, 6.07) is 15.0. The molecule has 0 radical (unpaired) electrons. The van der Waals surface area contributed by atoms with Crippen molar-refractivity contribution in [2.45, 2.75) is 13.3 Å². The first-order valence-corrected chi connectivity index (χ1v) is 6.38. The highest BCUT2D eigenvalue weighted by molar-refractivity contribution is 5.56. The third-order valence-electron chi connectivity index (χ3n) is 3.01. The average Bonchev–Trinajstić information content (AvgIpc) is 2.87. The van der Waals surface area contributed by atoms with E-state index >= 15 is 0 Å². The van der Waals surface area contributed by atoms with Crippen LogP contribution in [0.4, 0.5) is 0 Å². The molecule has 0 unspecified atom stereocenters. The Kier molecular flexibility index (Phi) is 3.21. The average molecular weight is 266 g/mol. The molecule has 0 bridgehead atoms. The first-order valence-electron chi connectivity index (χ1n) is 6.38. The number of benzene rings is 2. The summed E-state index contributed by atoms with van der Waals surface area (Å²) in [5, 5.41) is 13.4. The molecule has 1 N–H and O–H groups in total. The predicted molar refractivity (Wildman–Crippen MR) is 75.4 cm³/mol. The van der Waals surface area contributed by atoms with Gasteiger partial charge < -0.3 is 9.63 Å². The maximum Gasteiger partial charge on any atom is 0.231 e. The summed E-state index contributed by atoms with van der Waals surface area (Å²) in [5.41, 5.74) is 3.08. The molecular weight excluding hydrogens is 252 g/mol. The van der Waals surface area contributed by atoms with Crippen molar-refractivity contribution in [1.82, 2.24) is 10.1 Å². The Morgan fingerprint density at radius 3 is 2.75 bits per heavy atom. The summed E-state index contributed by atoms with van der Waals surface area (Å²) in [6.45, 7) is 2.05. The molecular formula is C16H14N2O2. The number of aromatic hydroxyl groups is 1. The molecule has 0 saturated heterocycles. The Labute approximate surface area is 116 Å². The van der Waals surface area contributed by atoms with Gasteiger partial charge in [-0.15, -0.1) is 0 Å². The number of phenolic OH excluding ortho intramolecular Hbond substituents is 1. The van der Waals surface area contributed by atoms with Gasteiger partial charge in [0.15, 0.2) is 0 Å². The highest BCUT2D eigenvalue weighted by Gasteiger charge is 2.09. The zero-order chi connectivity index (χ0) is 13.9. The molecule has 100 valence electrons. The van der Waals surface area contributed by atoms with E-state index in [1.807, 2.05) is 18.2 Å². The molecule has 0 spiro atoms. The van der Waals surface area contributed by atoms with Crippen LogP contribution in [0.3, 0.4) is 0 Å². The molecule has 0 aliphatic heterocycles. The minimum Gasteiger partial charge on any atom is -0.508 e. The van der Waals surface area contributed by atoms with Gasteiger partial charge in [-0.05, 0) is 24.6 Å². The number of hydrogen-bond acceptors (Lipinski definition) is 4. The normalized spacial score (nSPS) is 10.7. The van der Waals surface area contributed by atoms with Crippen LogP contribution in [0.25, 0.3) is 11.4 Å². The van der Waals surface area contributed by atoms with E-state index in [-0.39, 0.29) is 5.75 Å². The smallest absolute Gasteiger partial charge is 0.231 e. The molecule has 1 aromatic heterocycles. The Morgan fingerprint density at radius 2 is 1.95 bits per heavy atom. The van der Waals surface area contributed by atoms with Crippen molar-refractivity contribution in [3.63, 3.8) is 0 Å². The molecule has 3 rings (SSSR count). The van der Waals surface area contributed by atoms with Gasteiger partial charge in [-0.25, -0.2) is 0 Å². The van der Waals surface area contributed by atoms with Crippen LogP contribution in [0, 0.1) is 6.92 Å². The number of aromatic nitrogens is 2. The summed E-state index contributed by atoms with van der Waals surface area (Å²) in [7, 11) is 0. The molecule has 0 aliphatic carbocycles. The zero-order valence-corrected chi connectivity index (χ0v) is 11.1. The maximum atomic E-state index is 9.46. The molecule has 0 saturated carbocycles. The Morgan fingerprint density at radius 1 is 1.10 bits per heavy atom. The number of nitrogens with zero attached hydrogens (tertiary/aromatic N) is 2. The van der Waals surface area contributed by atoms with E-state index in [0.717, 1.165) is 11.1 Å². The fourth-order valence-electron chi connectivity index (χ4n) is 2.09. The van der Waals surface area contributed by atoms with E-state index in [0.29, 0.717) is 18.1 Å². The van der Waals surface area contributed by atoms with Crippen LogP contribution >= 0.6 is 0 Å². The Hall–Kier alpha value is -2.62. The van der Waals surface area contributed by atoms with Gasteiger partial charge in [0.2, 0.25) is 11.7 Å². The lowest BCUT2D eigenvalue weighted by atomic mass is 10.1. The number of aryl methyl sites for hydroxylation is 1. The topological polar surface area (TPSA) is 59.2 Å². The fourth-order valence-corrected chi connectivity index (χ4v) is 2.09. The molecule has 0 fully saturated rings. The van der Waals surface area contributed by atoms with Crippen molar-refractivity contribution in [3.8, 4) is 17.1 Å². The van der Waals surface area contributed by atoms with E-state index in [2.05, 4.69) is 29.2 Å². The second-order valence-corrected chi connectivity index (χ2v) is 4.73. The molecule has 0 aliphatic rings. The van der Waals surface area contributed by atoms with Crippen LogP contribution in [-0.4, -0.2) is 15.2 Å². The monoisotopic (exact) mass is 266 g/mol. The van der Waals surface area contributed by atoms with Crippen molar-refractivity contribution in [2.24, 2.45) is 0 Å². The molecule has 1 heterocycles. The number of phenols is 1. The Bertz CT molecular complexity index is 735. The van der Waals surface area contributed by atoms with Crippen molar-refractivity contribution in [3.05, 3.63) is 65.5 Å². The van der Waals surface area contributed by atoms with Gasteiger partial charge in [-0.1, -0.05) is 47.1 Å². The first kappa shape index (κ1) is 12.4. The highest BCUT2D eigenvalue weighted by atomic mass is 16.5. The van der Waals surface area contributed by atoms with E-state index < -0.39 is 0 Å². The van der Waals surface area contributed by atoms with E-state index in [1.54, 1.807) is 18.2 Å². The SMILES string of the molecule is Cc1cccc(Cc2nc(-c3cccc(O)c3)no2)c1. The minimum absolute atomic E-state index is 0.188. The fraction of sp³-hybridized carbons (Fsp3) is 0.125. The summed E-state index contributed by atoms with van der Waals surface area (Å²) in [4.78, 5) is 4.36. The molecule has 4 heteroatoms. The van der Waals surface area contributed by atoms with Gasteiger partial charge in [0, 0.05) is 5.56 Å².